The van der Waals surface area contributed by atoms with Crippen molar-refractivity contribution in [2.45, 2.75) is 31.7 Å². The molecule has 1 aromatic rings. The molecule has 0 saturated heterocycles. The number of carboxylic acids is 1. The molecule has 0 aromatic heterocycles. The van der Waals surface area contributed by atoms with Gasteiger partial charge in [0.25, 0.3) is 0 Å². The molecule has 3 nitrogen and oxygen atoms in total. The Bertz CT molecular complexity index is 431. The zero-order valence-corrected chi connectivity index (χ0v) is 10.5. The summed E-state index contributed by atoms with van der Waals surface area (Å²) in [6.07, 6.45) is 2.49. The summed E-state index contributed by atoms with van der Waals surface area (Å²) < 4.78 is 0. The standard InChI is InChI=1S/C13H16ClNO2/c1-2-13(12(16)17,9-7-8-9)15-11-6-4-3-5-10(11)14/h3-6,9,15H,2,7-8H2,1H3,(H,16,17). The average Bonchev–Trinajstić information content (AvgIpc) is 3.12. The van der Waals surface area contributed by atoms with Gasteiger partial charge >= 0.3 is 5.97 Å². The summed E-state index contributed by atoms with van der Waals surface area (Å²) in [6.45, 7) is 1.90. The molecular formula is C13H16ClNO2. The first-order valence-corrected chi connectivity index (χ1v) is 6.24. The van der Waals surface area contributed by atoms with E-state index in [0.29, 0.717) is 17.1 Å². The highest BCUT2D eigenvalue weighted by atomic mass is 35.5. The van der Waals surface area contributed by atoms with Crippen molar-refractivity contribution in [3.05, 3.63) is 29.3 Å². The molecule has 0 spiro atoms. The van der Waals surface area contributed by atoms with Gasteiger partial charge in [-0.05, 0) is 37.3 Å². The number of aliphatic carboxylic acids is 1. The molecular weight excluding hydrogens is 238 g/mol. The third-order valence-corrected chi connectivity index (χ3v) is 3.77. The molecule has 1 saturated carbocycles. The largest absolute Gasteiger partial charge is 0.479 e. The summed E-state index contributed by atoms with van der Waals surface area (Å²) in [6, 6.07) is 7.26. The van der Waals surface area contributed by atoms with E-state index in [1.54, 1.807) is 6.07 Å². The number of benzene rings is 1. The lowest BCUT2D eigenvalue weighted by Crippen LogP contribution is -2.48. The fourth-order valence-corrected chi connectivity index (χ4v) is 2.42. The predicted molar refractivity (Wildman–Crippen MR) is 68.5 cm³/mol. The number of hydrogen-bond donors (Lipinski definition) is 2. The monoisotopic (exact) mass is 253 g/mol. The van der Waals surface area contributed by atoms with Crippen LogP contribution in [0.25, 0.3) is 0 Å². The highest BCUT2D eigenvalue weighted by Gasteiger charge is 2.50. The molecule has 4 heteroatoms. The van der Waals surface area contributed by atoms with Crippen molar-refractivity contribution in [3.8, 4) is 0 Å². The van der Waals surface area contributed by atoms with E-state index in [4.69, 9.17) is 11.6 Å². The van der Waals surface area contributed by atoms with Gasteiger partial charge < -0.3 is 10.4 Å². The summed E-state index contributed by atoms with van der Waals surface area (Å²) in [4.78, 5) is 11.5. The van der Waals surface area contributed by atoms with Gasteiger partial charge in [0.1, 0.15) is 5.54 Å². The van der Waals surface area contributed by atoms with Gasteiger partial charge in [-0.3, -0.25) is 0 Å². The van der Waals surface area contributed by atoms with Crippen LogP contribution in [0.2, 0.25) is 5.02 Å². The smallest absolute Gasteiger partial charge is 0.329 e. The van der Waals surface area contributed by atoms with Crippen LogP contribution in [0.5, 0.6) is 0 Å². The van der Waals surface area contributed by atoms with E-state index in [0.717, 1.165) is 12.8 Å². The molecule has 1 fully saturated rings. The van der Waals surface area contributed by atoms with Crippen LogP contribution in [0.15, 0.2) is 24.3 Å². The summed E-state index contributed by atoms with van der Waals surface area (Å²) in [5.74, 6) is -0.580. The number of para-hydroxylation sites is 1. The lowest BCUT2D eigenvalue weighted by molar-refractivity contribution is -0.143. The van der Waals surface area contributed by atoms with E-state index in [1.165, 1.54) is 0 Å². The van der Waals surface area contributed by atoms with Crippen LogP contribution >= 0.6 is 11.6 Å². The van der Waals surface area contributed by atoms with Gasteiger partial charge in [-0.25, -0.2) is 4.79 Å². The predicted octanol–water partition coefficient (Wildman–Crippen LogP) is 3.40. The number of halogens is 1. The number of nitrogens with one attached hydrogen (secondary N) is 1. The van der Waals surface area contributed by atoms with Gasteiger partial charge in [0.2, 0.25) is 0 Å². The van der Waals surface area contributed by atoms with Gasteiger partial charge in [-0.15, -0.1) is 0 Å². The highest BCUT2D eigenvalue weighted by molar-refractivity contribution is 6.33. The van der Waals surface area contributed by atoms with Crippen molar-refractivity contribution >= 4 is 23.3 Å². The maximum atomic E-state index is 11.5. The number of carbonyl (C=O) groups is 1. The van der Waals surface area contributed by atoms with Crippen LogP contribution in [-0.2, 0) is 4.79 Å². The van der Waals surface area contributed by atoms with Crippen molar-refractivity contribution < 1.29 is 9.90 Å². The lowest BCUT2D eigenvalue weighted by atomic mass is 9.89. The molecule has 1 aliphatic carbocycles. The number of hydrogen-bond acceptors (Lipinski definition) is 2. The zero-order chi connectivity index (χ0) is 12.5. The number of carboxylic acid groups (broad SMARTS) is 1. The van der Waals surface area contributed by atoms with Crippen molar-refractivity contribution in [1.82, 2.24) is 0 Å². The Labute approximate surface area is 106 Å². The highest BCUT2D eigenvalue weighted by Crippen LogP contribution is 2.44. The Morgan fingerprint density at radius 3 is 2.65 bits per heavy atom. The van der Waals surface area contributed by atoms with Crippen molar-refractivity contribution in [1.29, 1.82) is 0 Å². The van der Waals surface area contributed by atoms with Crippen molar-refractivity contribution in [2.24, 2.45) is 5.92 Å². The minimum Gasteiger partial charge on any atom is -0.479 e. The fourth-order valence-electron chi connectivity index (χ4n) is 2.24. The molecule has 1 aromatic carbocycles. The minimum absolute atomic E-state index is 0.210. The molecule has 92 valence electrons. The molecule has 0 heterocycles. The first-order chi connectivity index (χ1) is 8.10. The third kappa shape index (κ3) is 2.25. The summed E-state index contributed by atoms with van der Waals surface area (Å²) in [5.41, 5.74) is -0.171. The Morgan fingerprint density at radius 1 is 1.53 bits per heavy atom. The Hall–Kier alpha value is -1.22. The molecule has 1 unspecified atom stereocenters. The lowest BCUT2D eigenvalue weighted by Gasteiger charge is -2.31. The maximum absolute atomic E-state index is 11.5. The molecule has 1 atom stereocenters. The summed E-state index contributed by atoms with van der Waals surface area (Å²) in [5, 5.41) is 13.2. The molecule has 0 amide bonds. The first-order valence-electron chi connectivity index (χ1n) is 5.86. The van der Waals surface area contributed by atoms with Gasteiger partial charge in [0.15, 0.2) is 0 Å². The molecule has 2 rings (SSSR count). The van der Waals surface area contributed by atoms with Gasteiger partial charge in [0, 0.05) is 0 Å². The minimum atomic E-state index is -0.870. The van der Waals surface area contributed by atoms with Gasteiger partial charge in [-0.2, -0.15) is 0 Å². The molecule has 0 bridgehead atoms. The van der Waals surface area contributed by atoms with Crippen LogP contribution in [0.4, 0.5) is 5.69 Å². The molecule has 1 aliphatic rings. The second kappa shape index (κ2) is 4.57. The van der Waals surface area contributed by atoms with Crippen molar-refractivity contribution in [3.63, 3.8) is 0 Å². The van der Waals surface area contributed by atoms with E-state index in [1.807, 2.05) is 25.1 Å². The fraction of sp³-hybridized carbons (Fsp3) is 0.462. The van der Waals surface area contributed by atoms with Crippen LogP contribution in [0, 0.1) is 5.92 Å². The zero-order valence-electron chi connectivity index (χ0n) is 9.74. The SMILES string of the molecule is CCC(Nc1ccccc1Cl)(C(=O)O)C1CC1. The van der Waals surface area contributed by atoms with Gasteiger partial charge in [0.05, 0.1) is 10.7 Å². The second-order valence-corrected chi connectivity index (χ2v) is 4.92. The molecule has 2 N–H and O–H groups in total. The van der Waals surface area contributed by atoms with Crippen molar-refractivity contribution in [2.75, 3.05) is 5.32 Å². The molecule has 17 heavy (non-hydrogen) atoms. The van der Waals surface area contributed by atoms with E-state index in [2.05, 4.69) is 5.32 Å². The Morgan fingerprint density at radius 2 is 2.18 bits per heavy atom. The topological polar surface area (TPSA) is 49.3 Å². The van der Waals surface area contributed by atoms with E-state index in [9.17, 15) is 9.90 Å². The normalized spacial score (nSPS) is 18.5. The number of anilines is 1. The summed E-state index contributed by atoms with van der Waals surface area (Å²) in [7, 11) is 0. The third-order valence-electron chi connectivity index (χ3n) is 3.45. The number of rotatable bonds is 5. The first kappa shape index (κ1) is 12.2. The maximum Gasteiger partial charge on any atom is 0.329 e. The second-order valence-electron chi connectivity index (χ2n) is 4.51. The van der Waals surface area contributed by atoms with Gasteiger partial charge in [-0.1, -0.05) is 30.7 Å². The van der Waals surface area contributed by atoms with Crippen LogP contribution in [0.3, 0.4) is 0 Å². The Balaban J connectivity index is 2.30. The summed E-state index contributed by atoms with van der Waals surface area (Å²) >= 11 is 6.06. The quantitative estimate of drug-likeness (QED) is 0.846. The van der Waals surface area contributed by atoms with E-state index in [-0.39, 0.29) is 5.92 Å². The molecule has 0 radical (unpaired) electrons. The van der Waals surface area contributed by atoms with Crippen LogP contribution in [0.1, 0.15) is 26.2 Å². The van der Waals surface area contributed by atoms with E-state index >= 15 is 0 Å². The van der Waals surface area contributed by atoms with Crippen LogP contribution < -0.4 is 5.32 Å². The van der Waals surface area contributed by atoms with Crippen LogP contribution in [-0.4, -0.2) is 16.6 Å². The molecule has 0 aliphatic heterocycles. The average molecular weight is 254 g/mol. The Kier molecular flexibility index (Phi) is 3.29. The van der Waals surface area contributed by atoms with E-state index < -0.39 is 11.5 Å².